The molecule has 0 unspecified atom stereocenters. The van der Waals surface area contributed by atoms with Crippen LogP contribution in [0.4, 0.5) is 8.78 Å². The first-order valence-electron chi connectivity index (χ1n) is 4.57. The number of halogens is 3. The standard InChI is InChI=1S/C10H7F2IN2O2/c1-2-17-10(16)7-3-6(13)5(4-14)8(15-7)9(11)12/h3,9H,2H2,1H3. The third-order valence-corrected chi connectivity index (χ3v) is 2.65. The maximum absolute atomic E-state index is 12.7. The van der Waals surface area contributed by atoms with E-state index in [1.807, 2.05) is 0 Å². The average Bonchev–Trinajstić information content (AvgIpc) is 2.28. The highest BCUT2D eigenvalue weighted by atomic mass is 127. The number of rotatable bonds is 3. The van der Waals surface area contributed by atoms with Gasteiger partial charge in [0.25, 0.3) is 6.43 Å². The van der Waals surface area contributed by atoms with E-state index in [0.717, 1.165) is 0 Å². The van der Waals surface area contributed by atoms with E-state index in [-0.39, 0.29) is 21.4 Å². The molecule has 17 heavy (non-hydrogen) atoms. The summed E-state index contributed by atoms with van der Waals surface area (Å²) in [5.41, 5.74) is -1.12. The van der Waals surface area contributed by atoms with Gasteiger partial charge >= 0.3 is 5.97 Å². The molecule has 4 nitrogen and oxygen atoms in total. The molecule has 0 N–H and O–H groups in total. The van der Waals surface area contributed by atoms with Gasteiger partial charge < -0.3 is 4.74 Å². The number of nitrogens with zero attached hydrogens (tertiary/aromatic N) is 2. The normalized spacial score (nSPS) is 10.1. The van der Waals surface area contributed by atoms with Gasteiger partial charge in [0, 0.05) is 3.57 Å². The Morgan fingerprint density at radius 2 is 2.35 bits per heavy atom. The molecule has 0 radical (unpaired) electrons. The summed E-state index contributed by atoms with van der Waals surface area (Å²) in [6.45, 7) is 1.72. The third kappa shape index (κ3) is 3.09. The molecule has 0 bridgehead atoms. The minimum atomic E-state index is -2.91. The number of alkyl halides is 2. The molecule has 1 heterocycles. The Labute approximate surface area is 110 Å². The number of esters is 1. The average molecular weight is 352 g/mol. The molecule has 7 heteroatoms. The Bertz CT molecular complexity index is 486. The van der Waals surface area contributed by atoms with Crippen LogP contribution in [0, 0.1) is 14.9 Å². The SMILES string of the molecule is CCOC(=O)c1cc(I)c(C#N)c(C(F)F)n1. The molecule has 0 fully saturated rings. The number of pyridine rings is 1. The van der Waals surface area contributed by atoms with Gasteiger partial charge in [-0.2, -0.15) is 5.26 Å². The van der Waals surface area contributed by atoms with Crippen molar-refractivity contribution in [3.63, 3.8) is 0 Å². The quantitative estimate of drug-likeness (QED) is 0.620. The number of ether oxygens (including phenoxy) is 1. The van der Waals surface area contributed by atoms with Crippen molar-refractivity contribution < 1.29 is 18.3 Å². The molecular weight excluding hydrogens is 345 g/mol. The molecular formula is C10H7F2IN2O2. The molecule has 0 aliphatic carbocycles. The van der Waals surface area contributed by atoms with Crippen molar-refractivity contribution in [1.29, 1.82) is 5.26 Å². The molecule has 0 atom stereocenters. The zero-order valence-corrected chi connectivity index (χ0v) is 10.9. The monoisotopic (exact) mass is 352 g/mol. The fourth-order valence-electron chi connectivity index (χ4n) is 1.11. The smallest absolute Gasteiger partial charge is 0.356 e. The lowest BCUT2D eigenvalue weighted by Crippen LogP contribution is -2.11. The van der Waals surface area contributed by atoms with Crippen molar-refractivity contribution in [1.82, 2.24) is 4.98 Å². The highest BCUT2D eigenvalue weighted by Gasteiger charge is 2.21. The number of aromatic nitrogens is 1. The van der Waals surface area contributed by atoms with Crippen molar-refractivity contribution >= 4 is 28.6 Å². The van der Waals surface area contributed by atoms with E-state index in [1.165, 1.54) is 6.07 Å². The first-order valence-corrected chi connectivity index (χ1v) is 5.65. The summed E-state index contributed by atoms with van der Waals surface area (Å²) in [5.74, 6) is -0.781. The van der Waals surface area contributed by atoms with E-state index in [1.54, 1.807) is 35.6 Å². The van der Waals surface area contributed by atoms with Gasteiger partial charge in [0.05, 0.1) is 12.2 Å². The number of nitriles is 1. The van der Waals surface area contributed by atoms with Crippen molar-refractivity contribution in [2.45, 2.75) is 13.3 Å². The van der Waals surface area contributed by atoms with Crippen molar-refractivity contribution in [3.8, 4) is 6.07 Å². The topological polar surface area (TPSA) is 63.0 Å². The zero-order chi connectivity index (χ0) is 13.0. The maximum atomic E-state index is 12.7. The molecule has 0 aliphatic rings. The Hall–Kier alpha value is -1.30. The van der Waals surface area contributed by atoms with Crippen LogP contribution in [0.5, 0.6) is 0 Å². The van der Waals surface area contributed by atoms with Crippen LogP contribution in [0.15, 0.2) is 6.07 Å². The Kier molecular flexibility index (Phi) is 4.74. The van der Waals surface area contributed by atoms with Crippen molar-refractivity contribution in [2.24, 2.45) is 0 Å². The summed E-state index contributed by atoms with van der Waals surface area (Å²) < 4.78 is 30.2. The predicted octanol–water partition coefficient (Wildman–Crippen LogP) is 2.67. The first kappa shape index (κ1) is 13.8. The Morgan fingerprint density at radius 3 is 2.82 bits per heavy atom. The Balaban J connectivity index is 3.30. The number of carbonyl (C=O) groups excluding carboxylic acids is 1. The molecule has 1 rings (SSSR count). The fourth-order valence-corrected chi connectivity index (χ4v) is 1.80. The molecule has 0 spiro atoms. The van der Waals surface area contributed by atoms with E-state index in [2.05, 4.69) is 9.72 Å². The van der Waals surface area contributed by atoms with Gasteiger partial charge in [0.15, 0.2) is 0 Å². The zero-order valence-electron chi connectivity index (χ0n) is 8.71. The van der Waals surface area contributed by atoms with Crippen LogP contribution in [0.3, 0.4) is 0 Å². The van der Waals surface area contributed by atoms with Crippen LogP contribution < -0.4 is 0 Å². The molecule has 0 saturated heterocycles. The number of carbonyl (C=O) groups is 1. The van der Waals surface area contributed by atoms with Crippen molar-refractivity contribution in [3.05, 3.63) is 26.6 Å². The minimum Gasteiger partial charge on any atom is -0.461 e. The highest BCUT2D eigenvalue weighted by Crippen LogP contribution is 2.25. The molecule has 0 amide bonds. The molecule has 0 aliphatic heterocycles. The van der Waals surface area contributed by atoms with Gasteiger partial charge in [-0.25, -0.2) is 18.6 Å². The summed E-state index contributed by atoms with van der Waals surface area (Å²) >= 11 is 1.70. The summed E-state index contributed by atoms with van der Waals surface area (Å²) in [5, 5.41) is 8.74. The predicted molar refractivity (Wildman–Crippen MR) is 62.6 cm³/mol. The second kappa shape index (κ2) is 5.86. The van der Waals surface area contributed by atoms with Crippen LogP contribution in [0.2, 0.25) is 0 Å². The lowest BCUT2D eigenvalue weighted by atomic mass is 10.2. The van der Waals surface area contributed by atoms with Gasteiger partial charge in [0.1, 0.15) is 17.5 Å². The van der Waals surface area contributed by atoms with E-state index in [0.29, 0.717) is 0 Å². The van der Waals surface area contributed by atoms with Gasteiger partial charge in [-0.1, -0.05) is 0 Å². The molecule has 0 saturated carbocycles. The molecule has 1 aromatic heterocycles. The van der Waals surface area contributed by atoms with Crippen molar-refractivity contribution in [2.75, 3.05) is 6.61 Å². The van der Waals surface area contributed by atoms with Crippen LogP contribution in [-0.2, 0) is 4.74 Å². The van der Waals surface area contributed by atoms with Crippen LogP contribution in [0.25, 0.3) is 0 Å². The third-order valence-electron chi connectivity index (χ3n) is 1.80. The van der Waals surface area contributed by atoms with Gasteiger partial charge in [0.2, 0.25) is 0 Å². The first-order chi connectivity index (χ1) is 8.01. The largest absolute Gasteiger partial charge is 0.461 e. The fraction of sp³-hybridized carbons (Fsp3) is 0.300. The molecule has 1 aromatic rings. The summed E-state index contributed by atoms with van der Waals surface area (Å²) in [6, 6.07) is 2.89. The van der Waals surface area contributed by atoms with E-state index in [9.17, 15) is 13.6 Å². The van der Waals surface area contributed by atoms with E-state index < -0.39 is 18.1 Å². The Morgan fingerprint density at radius 1 is 1.71 bits per heavy atom. The second-order valence-electron chi connectivity index (χ2n) is 2.88. The summed E-state index contributed by atoms with van der Waals surface area (Å²) in [4.78, 5) is 14.8. The molecule has 90 valence electrons. The van der Waals surface area contributed by atoms with Gasteiger partial charge in [-0.05, 0) is 35.6 Å². The van der Waals surface area contributed by atoms with Crippen LogP contribution in [0.1, 0.15) is 35.1 Å². The van der Waals surface area contributed by atoms with E-state index in [4.69, 9.17) is 5.26 Å². The molecule has 0 aromatic carbocycles. The summed E-state index contributed by atoms with van der Waals surface area (Å²) in [7, 11) is 0. The lowest BCUT2D eigenvalue weighted by molar-refractivity contribution is 0.0517. The number of hydrogen-bond donors (Lipinski definition) is 0. The lowest BCUT2D eigenvalue weighted by Gasteiger charge is -2.07. The number of hydrogen-bond acceptors (Lipinski definition) is 4. The second-order valence-corrected chi connectivity index (χ2v) is 4.04. The van der Waals surface area contributed by atoms with Crippen LogP contribution >= 0.6 is 22.6 Å². The minimum absolute atomic E-state index is 0.126. The maximum Gasteiger partial charge on any atom is 0.356 e. The van der Waals surface area contributed by atoms with E-state index >= 15 is 0 Å². The highest BCUT2D eigenvalue weighted by molar-refractivity contribution is 14.1. The summed E-state index contributed by atoms with van der Waals surface area (Å²) in [6.07, 6.45) is -2.91. The van der Waals surface area contributed by atoms with Gasteiger partial charge in [-0.15, -0.1) is 0 Å². The van der Waals surface area contributed by atoms with Crippen LogP contribution in [-0.4, -0.2) is 17.6 Å². The van der Waals surface area contributed by atoms with Gasteiger partial charge in [-0.3, -0.25) is 0 Å².